The van der Waals surface area contributed by atoms with E-state index in [1.807, 2.05) is 24.3 Å². The molecule has 32 heavy (non-hydrogen) atoms. The van der Waals surface area contributed by atoms with Crippen LogP contribution in [0, 0.1) is 17.5 Å². The van der Waals surface area contributed by atoms with Gasteiger partial charge in [0.2, 0.25) is 0 Å². The minimum absolute atomic E-state index is 0.189. The van der Waals surface area contributed by atoms with E-state index in [0.717, 1.165) is 34.4 Å². The summed E-state index contributed by atoms with van der Waals surface area (Å²) >= 11 is 0. The predicted molar refractivity (Wildman–Crippen MR) is 113 cm³/mol. The average Bonchev–Trinajstić information content (AvgIpc) is 2.82. The molecule has 160 valence electrons. The van der Waals surface area contributed by atoms with Gasteiger partial charge in [-0.2, -0.15) is 8.78 Å². The summed E-state index contributed by atoms with van der Waals surface area (Å²) in [6, 6.07) is 21.9. The zero-order chi connectivity index (χ0) is 22.8. The summed E-state index contributed by atoms with van der Waals surface area (Å²) in [5.74, 6) is -5.54. The summed E-state index contributed by atoms with van der Waals surface area (Å²) in [5.41, 5.74) is 3.86. The Morgan fingerprint density at radius 1 is 0.438 bits per heavy atom. The fourth-order valence-electron chi connectivity index (χ4n) is 3.35. The molecule has 0 aromatic heterocycles. The first-order chi connectivity index (χ1) is 15.3. The van der Waals surface area contributed by atoms with Gasteiger partial charge in [-0.15, -0.1) is 0 Å². The second-order valence-corrected chi connectivity index (χ2v) is 7.06. The molecule has 0 heterocycles. The summed E-state index contributed by atoms with van der Waals surface area (Å²) in [6.45, 7) is 0. The second kappa shape index (κ2) is 8.75. The van der Waals surface area contributed by atoms with Crippen LogP contribution in [0.25, 0.3) is 39.2 Å². The Morgan fingerprint density at radius 2 is 0.750 bits per heavy atom. The first-order valence-corrected chi connectivity index (χ1v) is 9.50. The van der Waals surface area contributed by atoms with Gasteiger partial charge < -0.3 is 0 Å². The first kappa shape index (κ1) is 21.4. The number of rotatable bonds is 4. The molecule has 0 nitrogen and oxygen atoms in total. The number of benzene rings is 4. The molecule has 0 amide bonds. The second-order valence-electron chi connectivity index (χ2n) is 7.06. The number of hydrogen-bond donors (Lipinski definition) is 0. The van der Waals surface area contributed by atoms with Crippen molar-refractivity contribution in [2.45, 2.75) is 0 Å². The van der Waals surface area contributed by atoms with Crippen LogP contribution in [0.1, 0.15) is 5.56 Å². The lowest BCUT2D eigenvalue weighted by Gasteiger charge is -2.08. The Balaban J connectivity index is 1.55. The van der Waals surface area contributed by atoms with Gasteiger partial charge in [-0.3, -0.25) is 0 Å². The van der Waals surface area contributed by atoms with E-state index in [2.05, 4.69) is 0 Å². The Labute approximate surface area is 180 Å². The molecule has 0 saturated heterocycles. The molecule has 0 unspecified atom stereocenters. The van der Waals surface area contributed by atoms with Gasteiger partial charge in [-0.05, 0) is 45.5 Å². The van der Waals surface area contributed by atoms with Gasteiger partial charge >= 0.3 is 6.08 Å². The average molecular weight is 440 g/mol. The van der Waals surface area contributed by atoms with E-state index in [-0.39, 0.29) is 11.1 Å². The molecule has 6 heteroatoms. The van der Waals surface area contributed by atoms with Crippen molar-refractivity contribution < 1.29 is 26.3 Å². The molecule has 0 radical (unpaired) electrons. The van der Waals surface area contributed by atoms with Crippen molar-refractivity contribution in [1.82, 2.24) is 0 Å². The van der Waals surface area contributed by atoms with Crippen molar-refractivity contribution in [3.05, 3.63) is 114 Å². The zero-order valence-corrected chi connectivity index (χ0v) is 16.4. The smallest absolute Gasteiger partial charge is 0.204 e. The molecule has 4 rings (SSSR count). The highest BCUT2D eigenvalue weighted by molar-refractivity contribution is 5.74. The summed E-state index contributed by atoms with van der Waals surface area (Å²) in [4.78, 5) is 0. The molecule has 4 aromatic rings. The van der Waals surface area contributed by atoms with Crippen molar-refractivity contribution in [2.24, 2.45) is 0 Å². The van der Waals surface area contributed by atoms with E-state index >= 15 is 0 Å². The largest absolute Gasteiger partial charge is 0.306 e. The molecule has 0 aliphatic heterocycles. The fourth-order valence-corrected chi connectivity index (χ4v) is 3.35. The lowest BCUT2D eigenvalue weighted by Crippen LogP contribution is -1.91. The summed E-state index contributed by atoms with van der Waals surface area (Å²) in [7, 11) is 0. The van der Waals surface area contributed by atoms with Gasteiger partial charge in [0.1, 0.15) is 0 Å². The van der Waals surface area contributed by atoms with Crippen LogP contribution in [-0.4, -0.2) is 0 Å². The van der Waals surface area contributed by atoms with E-state index in [1.165, 1.54) is 12.1 Å². The molecule has 0 atom stereocenters. The van der Waals surface area contributed by atoms with Crippen molar-refractivity contribution in [2.75, 3.05) is 0 Å². The summed E-state index contributed by atoms with van der Waals surface area (Å²) in [5, 5.41) is 0. The maximum atomic E-state index is 13.5. The lowest BCUT2D eigenvalue weighted by atomic mass is 9.97. The SMILES string of the molecule is FC(F)=C(F)c1ccc(-c2ccc(-c3ccc(-c4cc(F)c(F)c(F)c4)cc3)cc2)cc1. The third-order valence-corrected chi connectivity index (χ3v) is 5.06. The van der Waals surface area contributed by atoms with Gasteiger partial charge in [0.05, 0.1) is 0 Å². The van der Waals surface area contributed by atoms with Crippen LogP contribution in [0.5, 0.6) is 0 Å². The van der Waals surface area contributed by atoms with Crippen molar-refractivity contribution >= 4 is 5.83 Å². The summed E-state index contributed by atoms with van der Waals surface area (Å²) < 4.78 is 78.2. The van der Waals surface area contributed by atoms with Crippen LogP contribution in [-0.2, 0) is 0 Å². The van der Waals surface area contributed by atoms with Gasteiger partial charge in [0, 0.05) is 5.56 Å². The van der Waals surface area contributed by atoms with E-state index < -0.39 is 29.4 Å². The van der Waals surface area contributed by atoms with Crippen molar-refractivity contribution in [1.29, 1.82) is 0 Å². The maximum absolute atomic E-state index is 13.5. The minimum Gasteiger partial charge on any atom is -0.204 e. The molecule has 0 saturated carbocycles. The van der Waals surface area contributed by atoms with Crippen LogP contribution in [0.15, 0.2) is 91.0 Å². The van der Waals surface area contributed by atoms with Crippen LogP contribution < -0.4 is 0 Å². The monoisotopic (exact) mass is 440 g/mol. The molecular weight excluding hydrogens is 426 g/mol. The topological polar surface area (TPSA) is 0 Å². The van der Waals surface area contributed by atoms with Crippen LogP contribution in [0.4, 0.5) is 26.3 Å². The Bertz CT molecular complexity index is 1260. The minimum atomic E-state index is -2.36. The Kier molecular flexibility index (Phi) is 5.86. The van der Waals surface area contributed by atoms with Gasteiger partial charge in [0.15, 0.2) is 23.3 Å². The molecule has 0 N–H and O–H groups in total. The normalized spacial score (nSPS) is 10.8. The first-order valence-electron chi connectivity index (χ1n) is 9.50. The van der Waals surface area contributed by atoms with Crippen LogP contribution in [0.2, 0.25) is 0 Å². The fraction of sp³-hybridized carbons (Fsp3) is 0. The highest BCUT2D eigenvalue weighted by Crippen LogP contribution is 2.30. The highest BCUT2D eigenvalue weighted by Gasteiger charge is 2.12. The highest BCUT2D eigenvalue weighted by atomic mass is 19.3. The quantitative estimate of drug-likeness (QED) is 0.220. The van der Waals surface area contributed by atoms with E-state index in [4.69, 9.17) is 0 Å². The Hall–Kier alpha value is -3.80. The Morgan fingerprint density at radius 3 is 1.09 bits per heavy atom. The van der Waals surface area contributed by atoms with Crippen LogP contribution >= 0.6 is 0 Å². The molecular formula is C26H14F6. The third kappa shape index (κ3) is 4.30. The number of halogens is 6. The van der Waals surface area contributed by atoms with Crippen molar-refractivity contribution in [3.63, 3.8) is 0 Å². The molecule has 0 aliphatic carbocycles. The van der Waals surface area contributed by atoms with E-state index in [1.54, 1.807) is 36.4 Å². The zero-order valence-electron chi connectivity index (χ0n) is 16.4. The molecule has 0 spiro atoms. The molecule has 4 aromatic carbocycles. The van der Waals surface area contributed by atoms with Gasteiger partial charge in [-0.25, -0.2) is 17.6 Å². The van der Waals surface area contributed by atoms with Crippen LogP contribution in [0.3, 0.4) is 0 Å². The summed E-state index contributed by atoms with van der Waals surface area (Å²) in [6.07, 6.45) is -2.36. The third-order valence-electron chi connectivity index (χ3n) is 5.06. The van der Waals surface area contributed by atoms with Gasteiger partial charge in [0.25, 0.3) is 0 Å². The maximum Gasteiger partial charge on any atom is 0.306 e. The van der Waals surface area contributed by atoms with E-state index in [0.29, 0.717) is 5.56 Å². The molecule has 0 fully saturated rings. The molecule has 0 aliphatic rings. The molecule has 0 bridgehead atoms. The standard InChI is InChI=1S/C26H14F6/c27-22-13-21(14-23(28)25(22)30)19-7-5-17(6-8-19)15-1-3-16(4-2-15)18-9-11-20(12-10-18)24(29)26(31)32/h1-14H. The van der Waals surface area contributed by atoms with Crippen molar-refractivity contribution in [3.8, 4) is 33.4 Å². The van der Waals surface area contributed by atoms with Gasteiger partial charge in [-0.1, -0.05) is 72.8 Å². The predicted octanol–water partition coefficient (Wildman–Crippen LogP) is 8.64. The lowest BCUT2D eigenvalue weighted by molar-refractivity contribution is 0.410. The van der Waals surface area contributed by atoms with E-state index in [9.17, 15) is 26.3 Å². The number of hydrogen-bond acceptors (Lipinski definition) is 0.